The van der Waals surface area contributed by atoms with Crippen LogP contribution in [-0.4, -0.2) is 30.1 Å². The molecule has 28 heavy (non-hydrogen) atoms. The molecule has 1 saturated carbocycles. The smallest absolute Gasteiger partial charge is 0.289 e. The van der Waals surface area contributed by atoms with Crippen LogP contribution in [-0.2, 0) is 6.42 Å². The predicted octanol–water partition coefficient (Wildman–Crippen LogP) is 3.83. The first kappa shape index (κ1) is 16.9. The monoisotopic (exact) mass is 374 g/mol. The molecule has 1 aliphatic carbocycles. The van der Waals surface area contributed by atoms with E-state index in [2.05, 4.69) is 44.4 Å². The summed E-state index contributed by atoms with van der Waals surface area (Å²) in [5, 5.41) is 6.99. The van der Waals surface area contributed by atoms with Crippen LogP contribution in [0.1, 0.15) is 37.8 Å². The quantitative estimate of drug-likeness (QED) is 0.505. The van der Waals surface area contributed by atoms with Crippen LogP contribution in [0.15, 0.2) is 41.3 Å². The molecule has 3 N–H and O–H groups in total. The molecule has 7 nitrogen and oxygen atoms in total. The maximum Gasteiger partial charge on any atom is 0.326 e. The Kier molecular flexibility index (Phi) is 4.27. The molecule has 3 aromatic heterocycles. The van der Waals surface area contributed by atoms with Gasteiger partial charge in [0.1, 0.15) is 0 Å². The third-order valence-electron chi connectivity index (χ3n) is 5.61. The molecule has 0 spiro atoms. The van der Waals surface area contributed by atoms with Gasteiger partial charge in [0, 0.05) is 11.8 Å². The highest BCUT2D eigenvalue weighted by Gasteiger charge is 2.19. The summed E-state index contributed by atoms with van der Waals surface area (Å²) in [6.45, 7) is 0. The number of rotatable bonds is 4. The lowest BCUT2D eigenvalue weighted by atomic mass is 9.85. The van der Waals surface area contributed by atoms with Gasteiger partial charge in [0.05, 0.1) is 17.1 Å². The van der Waals surface area contributed by atoms with Crippen LogP contribution < -0.4 is 5.69 Å². The number of imidazole rings is 1. The number of aromatic amines is 3. The lowest BCUT2D eigenvalue weighted by Gasteiger charge is -2.22. The van der Waals surface area contributed by atoms with E-state index in [9.17, 15) is 4.79 Å². The molecule has 1 aliphatic rings. The highest BCUT2D eigenvalue weighted by atomic mass is 16.1. The number of H-pyrrole nitrogens is 3. The Morgan fingerprint density at radius 2 is 1.61 bits per heavy atom. The maximum absolute atomic E-state index is 11.7. The number of fused-ring (bicyclic) bond motifs is 1. The van der Waals surface area contributed by atoms with Crippen LogP contribution in [0.4, 0.5) is 0 Å². The third kappa shape index (κ3) is 3.24. The van der Waals surface area contributed by atoms with Crippen molar-refractivity contribution in [2.45, 2.75) is 38.5 Å². The van der Waals surface area contributed by atoms with Gasteiger partial charge < -0.3 is 0 Å². The Morgan fingerprint density at radius 1 is 0.893 bits per heavy atom. The summed E-state index contributed by atoms with van der Waals surface area (Å²) >= 11 is 0. The molecule has 1 aromatic carbocycles. The van der Waals surface area contributed by atoms with E-state index in [1.54, 1.807) is 6.20 Å². The second kappa shape index (κ2) is 7.07. The fourth-order valence-electron chi connectivity index (χ4n) is 4.15. The zero-order valence-electron chi connectivity index (χ0n) is 15.5. The average Bonchev–Trinajstić information content (AvgIpc) is 3.37. The maximum atomic E-state index is 11.7. The van der Waals surface area contributed by atoms with Crippen molar-refractivity contribution in [1.29, 1.82) is 0 Å². The van der Waals surface area contributed by atoms with E-state index in [4.69, 9.17) is 9.97 Å². The fourth-order valence-corrected chi connectivity index (χ4v) is 4.15. The van der Waals surface area contributed by atoms with E-state index in [0.29, 0.717) is 17.2 Å². The van der Waals surface area contributed by atoms with Crippen LogP contribution in [0, 0.1) is 5.92 Å². The largest absolute Gasteiger partial charge is 0.326 e. The number of nitrogens with one attached hydrogen (secondary N) is 3. The van der Waals surface area contributed by atoms with Gasteiger partial charge in [-0.3, -0.25) is 15.1 Å². The Hall–Kier alpha value is -3.22. The van der Waals surface area contributed by atoms with E-state index in [0.717, 1.165) is 34.6 Å². The van der Waals surface area contributed by atoms with Crippen molar-refractivity contribution in [3.63, 3.8) is 0 Å². The van der Waals surface area contributed by atoms with Crippen molar-refractivity contribution in [3.05, 3.63) is 52.7 Å². The molecule has 0 atom stereocenters. The Labute approximate surface area is 161 Å². The van der Waals surface area contributed by atoms with Crippen molar-refractivity contribution in [2.75, 3.05) is 0 Å². The number of nitrogens with zero attached hydrogens (tertiary/aromatic N) is 3. The molecule has 0 amide bonds. The standard InChI is InChI=1S/C21H22N6O/c28-21-25-19-20(26-21)24-18(17(23-19)12-13-4-2-1-3-5-13)15-8-6-14(7-9-15)16-10-11-22-27-16/h6-11,13H,1-5,12H2,(H,22,27)(H2,23,24,25,26,28). The highest BCUT2D eigenvalue weighted by molar-refractivity contribution is 5.74. The van der Waals surface area contributed by atoms with Crippen LogP contribution in [0.5, 0.6) is 0 Å². The average molecular weight is 374 g/mol. The summed E-state index contributed by atoms with van der Waals surface area (Å²) in [6.07, 6.45) is 9.02. The van der Waals surface area contributed by atoms with Gasteiger partial charge in [-0.1, -0.05) is 56.4 Å². The lowest BCUT2D eigenvalue weighted by Crippen LogP contribution is -2.12. The lowest BCUT2D eigenvalue weighted by molar-refractivity contribution is 0.354. The zero-order chi connectivity index (χ0) is 18.9. The molecule has 0 saturated heterocycles. The Bertz CT molecular complexity index is 1130. The minimum Gasteiger partial charge on any atom is -0.289 e. The van der Waals surface area contributed by atoms with Crippen LogP contribution in [0.3, 0.4) is 0 Å². The first-order valence-corrected chi connectivity index (χ1v) is 9.85. The molecule has 0 bridgehead atoms. The van der Waals surface area contributed by atoms with Crippen LogP contribution in [0.2, 0.25) is 0 Å². The molecule has 3 heterocycles. The zero-order valence-corrected chi connectivity index (χ0v) is 15.5. The minimum absolute atomic E-state index is 0.273. The van der Waals surface area contributed by atoms with Crippen LogP contribution >= 0.6 is 0 Å². The summed E-state index contributed by atoms with van der Waals surface area (Å²) in [5.74, 6) is 0.634. The molecular weight excluding hydrogens is 352 g/mol. The summed E-state index contributed by atoms with van der Waals surface area (Å²) in [7, 11) is 0. The Morgan fingerprint density at radius 3 is 2.32 bits per heavy atom. The van der Waals surface area contributed by atoms with Gasteiger partial charge in [-0.15, -0.1) is 0 Å². The van der Waals surface area contributed by atoms with E-state index in [1.807, 2.05) is 6.07 Å². The van der Waals surface area contributed by atoms with Gasteiger partial charge in [-0.05, 0) is 24.0 Å². The number of aromatic nitrogens is 6. The fraction of sp³-hybridized carbons (Fsp3) is 0.333. The van der Waals surface area contributed by atoms with E-state index in [1.165, 1.54) is 32.1 Å². The highest BCUT2D eigenvalue weighted by Crippen LogP contribution is 2.31. The van der Waals surface area contributed by atoms with E-state index >= 15 is 0 Å². The number of benzene rings is 1. The second-order valence-electron chi connectivity index (χ2n) is 7.55. The summed E-state index contributed by atoms with van der Waals surface area (Å²) < 4.78 is 0. The predicted molar refractivity (Wildman–Crippen MR) is 108 cm³/mol. The molecule has 0 aliphatic heterocycles. The van der Waals surface area contributed by atoms with Crippen molar-refractivity contribution in [1.82, 2.24) is 30.1 Å². The molecule has 5 rings (SSSR count). The molecule has 142 valence electrons. The van der Waals surface area contributed by atoms with Crippen molar-refractivity contribution >= 4 is 11.3 Å². The van der Waals surface area contributed by atoms with Gasteiger partial charge in [0.2, 0.25) is 0 Å². The summed E-state index contributed by atoms with van der Waals surface area (Å²) in [6, 6.07) is 10.2. The van der Waals surface area contributed by atoms with Gasteiger partial charge >= 0.3 is 5.69 Å². The molecule has 1 fully saturated rings. The first-order valence-electron chi connectivity index (χ1n) is 9.85. The van der Waals surface area contributed by atoms with Gasteiger partial charge in [0.25, 0.3) is 0 Å². The van der Waals surface area contributed by atoms with Gasteiger partial charge in [0.15, 0.2) is 11.3 Å². The van der Waals surface area contributed by atoms with Gasteiger partial charge in [-0.2, -0.15) is 5.10 Å². The Balaban J connectivity index is 1.56. The number of hydrogen-bond donors (Lipinski definition) is 3. The minimum atomic E-state index is -0.273. The SMILES string of the molecule is O=c1[nH]c2nc(CC3CCCCC3)c(-c3ccc(-c4ccn[nH]4)cc3)nc2[nH]1. The van der Waals surface area contributed by atoms with Crippen molar-refractivity contribution in [2.24, 2.45) is 5.92 Å². The van der Waals surface area contributed by atoms with Crippen LogP contribution in [0.25, 0.3) is 33.8 Å². The summed E-state index contributed by atoms with van der Waals surface area (Å²) in [5.41, 5.74) is 5.63. The summed E-state index contributed by atoms with van der Waals surface area (Å²) in [4.78, 5) is 26.7. The van der Waals surface area contributed by atoms with Crippen molar-refractivity contribution in [3.8, 4) is 22.5 Å². The van der Waals surface area contributed by atoms with E-state index < -0.39 is 0 Å². The topological polar surface area (TPSA) is 103 Å². The number of hydrogen-bond acceptors (Lipinski definition) is 4. The van der Waals surface area contributed by atoms with Crippen molar-refractivity contribution < 1.29 is 0 Å². The van der Waals surface area contributed by atoms with Gasteiger partial charge in [-0.25, -0.2) is 14.8 Å². The molecule has 0 radical (unpaired) electrons. The molecule has 7 heteroatoms. The van der Waals surface area contributed by atoms with E-state index in [-0.39, 0.29) is 5.69 Å². The normalized spacial score (nSPS) is 15.3. The molecule has 0 unspecified atom stereocenters. The molecule has 4 aromatic rings. The molecular formula is C21H22N6O. The third-order valence-corrected chi connectivity index (χ3v) is 5.61. The first-order chi connectivity index (χ1) is 13.8. The second-order valence-corrected chi connectivity index (χ2v) is 7.55.